The average Bonchev–Trinajstić information content (AvgIpc) is 3.14. The van der Waals surface area contributed by atoms with Gasteiger partial charge in [-0.05, 0) is 36.5 Å². The Bertz CT molecular complexity index is 1120. The van der Waals surface area contributed by atoms with Crippen LogP contribution in [0.4, 0.5) is 0 Å². The second kappa shape index (κ2) is 8.05. The molecule has 0 atom stereocenters. The van der Waals surface area contributed by atoms with Crippen LogP contribution < -0.4 is 0 Å². The highest BCUT2D eigenvalue weighted by atomic mass is 35.5. The Morgan fingerprint density at radius 2 is 1.60 bits per heavy atom. The Hall–Kier alpha value is -2.37. The lowest BCUT2D eigenvalue weighted by Gasteiger charge is -2.36. The van der Waals surface area contributed by atoms with Crippen LogP contribution in [0.3, 0.4) is 0 Å². The van der Waals surface area contributed by atoms with Crippen molar-refractivity contribution in [3.8, 4) is 0 Å². The zero-order valence-electron chi connectivity index (χ0n) is 16.6. The molecule has 154 valence electrons. The topological polar surface area (TPSA) is 40.6 Å². The van der Waals surface area contributed by atoms with Gasteiger partial charge in [0.25, 0.3) is 5.91 Å². The summed E-state index contributed by atoms with van der Waals surface area (Å²) in [6, 6.07) is 16.2. The van der Waals surface area contributed by atoms with E-state index in [0.29, 0.717) is 42.4 Å². The largest absolute Gasteiger partial charge is 0.338 e. The molecule has 6 heteroatoms. The number of carbonyl (C=O) groups is 2. The van der Waals surface area contributed by atoms with Crippen molar-refractivity contribution in [1.82, 2.24) is 9.80 Å². The summed E-state index contributed by atoms with van der Waals surface area (Å²) in [5.41, 5.74) is 2.60. The molecule has 0 bridgehead atoms. The molecule has 0 saturated carbocycles. The SMILES string of the molecule is O=C(c1sc2ccccc2c1Cl)N1CCC(C(=O)N2CCc3ccccc3C2)CC1. The fourth-order valence-electron chi connectivity index (χ4n) is 4.57. The zero-order valence-corrected chi connectivity index (χ0v) is 18.2. The quantitative estimate of drug-likeness (QED) is 0.565. The molecule has 0 spiro atoms. The smallest absolute Gasteiger partial charge is 0.265 e. The molecule has 0 unspecified atom stereocenters. The van der Waals surface area contributed by atoms with Gasteiger partial charge in [0.15, 0.2) is 0 Å². The van der Waals surface area contributed by atoms with Crippen molar-refractivity contribution in [3.05, 3.63) is 69.6 Å². The summed E-state index contributed by atoms with van der Waals surface area (Å²) in [7, 11) is 0. The van der Waals surface area contributed by atoms with Crippen LogP contribution in [0.2, 0.25) is 5.02 Å². The molecule has 0 N–H and O–H groups in total. The molecule has 5 rings (SSSR count). The second-order valence-corrected chi connectivity index (χ2v) is 9.52. The lowest BCUT2D eigenvalue weighted by Crippen LogP contribution is -2.45. The maximum Gasteiger partial charge on any atom is 0.265 e. The number of fused-ring (bicyclic) bond motifs is 2. The number of rotatable bonds is 2. The molecule has 4 nitrogen and oxygen atoms in total. The van der Waals surface area contributed by atoms with Crippen LogP contribution in [0.1, 0.15) is 33.6 Å². The van der Waals surface area contributed by atoms with E-state index in [9.17, 15) is 9.59 Å². The summed E-state index contributed by atoms with van der Waals surface area (Å²) in [6.07, 6.45) is 2.35. The van der Waals surface area contributed by atoms with E-state index in [0.717, 1.165) is 23.1 Å². The summed E-state index contributed by atoms with van der Waals surface area (Å²) in [5, 5.41) is 1.48. The summed E-state index contributed by atoms with van der Waals surface area (Å²) >= 11 is 7.95. The first-order chi connectivity index (χ1) is 14.6. The van der Waals surface area contributed by atoms with Gasteiger partial charge in [0.05, 0.1) is 5.02 Å². The summed E-state index contributed by atoms with van der Waals surface area (Å²) in [5.74, 6) is 0.215. The second-order valence-electron chi connectivity index (χ2n) is 8.09. The number of hydrogen-bond donors (Lipinski definition) is 0. The summed E-state index contributed by atoms with van der Waals surface area (Å²) < 4.78 is 1.03. The van der Waals surface area contributed by atoms with Crippen LogP contribution in [0, 0.1) is 5.92 Å². The summed E-state index contributed by atoms with van der Waals surface area (Å²) in [6.45, 7) is 2.69. The first kappa shape index (κ1) is 19.6. The predicted octanol–water partition coefficient (Wildman–Crippen LogP) is 4.99. The lowest BCUT2D eigenvalue weighted by molar-refractivity contribution is -0.137. The van der Waals surface area contributed by atoms with Crippen molar-refractivity contribution in [3.63, 3.8) is 0 Å². The number of thiophene rings is 1. The molecule has 2 amide bonds. The molecule has 2 aliphatic rings. The van der Waals surface area contributed by atoms with E-state index in [2.05, 4.69) is 18.2 Å². The average molecular weight is 439 g/mol. The highest BCUT2D eigenvalue weighted by Gasteiger charge is 2.33. The Morgan fingerprint density at radius 1 is 0.900 bits per heavy atom. The number of hydrogen-bond acceptors (Lipinski definition) is 3. The van der Waals surface area contributed by atoms with Crippen LogP contribution >= 0.6 is 22.9 Å². The number of carbonyl (C=O) groups excluding carboxylic acids is 2. The van der Waals surface area contributed by atoms with Gasteiger partial charge in [-0.15, -0.1) is 11.3 Å². The number of piperidine rings is 1. The minimum Gasteiger partial charge on any atom is -0.338 e. The van der Waals surface area contributed by atoms with Gasteiger partial charge in [-0.1, -0.05) is 54.1 Å². The molecular formula is C24H23ClN2O2S. The third kappa shape index (κ3) is 3.50. The Morgan fingerprint density at radius 3 is 2.37 bits per heavy atom. The van der Waals surface area contributed by atoms with Crippen LogP contribution in [0.5, 0.6) is 0 Å². The number of benzene rings is 2. The van der Waals surface area contributed by atoms with Crippen molar-refractivity contribution in [1.29, 1.82) is 0 Å². The Labute approximate surface area is 185 Å². The van der Waals surface area contributed by atoms with Gasteiger partial charge in [-0.25, -0.2) is 0 Å². The maximum atomic E-state index is 13.1. The van der Waals surface area contributed by atoms with Crippen LogP contribution in [0.15, 0.2) is 48.5 Å². The van der Waals surface area contributed by atoms with E-state index >= 15 is 0 Å². The highest BCUT2D eigenvalue weighted by Crippen LogP contribution is 2.36. The molecule has 2 aliphatic heterocycles. The van der Waals surface area contributed by atoms with E-state index in [1.54, 1.807) is 0 Å². The highest BCUT2D eigenvalue weighted by molar-refractivity contribution is 7.21. The van der Waals surface area contributed by atoms with Crippen molar-refractivity contribution < 1.29 is 9.59 Å². The fourth-order valence-corrected chi connectivity index (χ4v) is 6.05. The number of amides is 2. The minimum atomic E-state index is -0.0148. The molecular weight excluding hydrogens is 416 g/mol. The van der Waals surface area contributed by atoms with Crippen molar-refractivity contribution in [2.24, 2.45) is 5.92 Å². The van der Waals surface area contributed by atoms with Crippen molar-refractivity contribution in [2.75, 3.05) is 19.6 Å². The summed E-state index contributed by atoms with van der Waals surface area (Å²) in [4.78, 5) is 30.6. The predicted molar refractivity (Wildman–Crippen MR) is 121 cm³/mol. The standard InChI is InChI=1S/C24H23ClN2O2S/c25-21-19-7-3-4-8-20(19)30-22(21)24(29)26-12-10-17(11-13-26)23(28)27-14-9-16-5-1-2-6-18(16)15-27/h1-8,17H,9-15H2. The zero-order chi connectivity index (χ0) is 20.7. The molecule has 1 saturated heterocycles. The first-order valence-electron chi connectivity index (χ1n) is 10.4. The van der Waals surface area contributed by atoms with E-state index in [-0.39, 0.29) is 17.7 Å². The molecule has 3 aromatic rings. The number of halogens is 1. The van der Waals surface area contributed by atoms with Gasteiger partial charge in [0.1, 0.15) is 4.88 Å². The van der Waals surface area contributed by atoms with Crippen molar-refractivity contribution >= 4 is 44.8 Å². The fraction of sp³-hybridized carbons (Fsp3) is 0.333. The van der Waals surface area contributed by atoms with Crippen molar-refractivity contribution in [2.45, 2.75) is 25.8 Å². The van der Waals surface area contributed by atoms with Crippen LogP contribution in [0.25, 0.3) is 10.1 Å². The van der Waals surface area contributed by atoms with Crippen LogP contribution in [-0.4, -0.2) is 41.2 Å². The Kier molecular flexibility index (Phi) is 5.25. The molecule has 0 aliphatic carbocycles. The molecule has 1 aromatic heterocycles. The molecule has 0 radical (unpaired) electrons. The molecule has 3 heterocycles. The van der Waals surface area contributed by atoms with Gasteiger partial charge in [0, 0.05) is 42.2 Å². The third-order valence-electron chi connectivity index (χ3n) is 6.30. The lowest BCUT2D eigenvalue weighted by atomic mass is 9.93. The van der Waals surface area contributed by atoms with Gasteiger partial charge in [0.2, 0.25) is 5.91 Å². The Balaban J connectivity index is 1.23. The number of nitrogens with zero attached hydrogens (tertiary/aromatic N) is 2. The maximum absolute atomic E-state index is 13.1. The van der Waals surface area contributed by atoms with Gasteiger partial charge >= 0.3 is 0 Å². The van der Waals surface area contributed by atoms with Gasteiger partial charge in [-0.2, -0.15) is 0 Å². The van der Waals surface area contributed by atoms with E-state index < -0.39 is 0 Å². The van der Waals surface area contributed by atoms with Crippen LogP contribution in [-0.2, 0) is 17.8 Å². The van der Waals surface area contributed by atoms with E-state index in [1.807, 2.05) is 40.1 Å². The van der Waals surface area contributed by atoms with Gasteiger partial charge in [-0.3, -0.25) is 9.59 Å². The molecule has 2 aromatic carbocycles. The molecule has 30 heavy (non-hydrogen) atoms. The van der Waals surface area contributed by atoms with E-state index in [1.165, 1.54) is 22.5 Å². The third-order valence-corrected chi connectivity index (χ3v) is 7.97. The first-order valence-corrected chi connectivity index (χ1v) is 11.6. The minimum absolute atomic E-state index is 0.00260. The monoisotopic (exact) mass is 438 g/mol. The normalized spacial score (nSPS) is 17.2. The van der Waals surface area contributed by atoms with Gasteiger partial charge < -0.3 is 9.80 Å². The number of likely N-dealkylation sites (tertiary alicyclic amines) is 1. The van der Waals surface area contributed by atoms with E-state index in [4.69, 9.17) is 11.6 Å². The molecule has 1 fully saturated rings.